The van der Waals surface area contributed by atoms with E-state index >= 15 is 0 Å². The Hall–Kier alpha value is -6.72. The number of benzene rings is 5. The molecule has 9 rings (SSSR count). The first-order chi connectivity index (χ1) is 37.8. The summed E-state index contributed by atoms with van der Waals surface area (Å²) in [6.45, 7) is -1.04. The van der Waals surface area contributed by atoms with Crippen LogP contribution >= 0.6 is 0 Å². The topological polar surface area (TPSA) is 51.8 Å². The Balaban J connectivity index is 1.25. The van der Waals surface area contributed by atoms with Crippen molar-refractivity contribution in [3.63, 3.8) is 0 Å². The van der Waals surface area contributed by atoms with E-state index in [1.165, 1.54) is 12.1 Å². The minimum absolute atomic E-state index is 0.108. The SMILES string of the molecule is [2H]c1cc2c(oc3c(-c4cc(C(C)(C)C)c(C([2H])([2H])C([2H])([2H])c5cc(C([2H])([2H])C([2H])([2H])c6cnc(-c7ccccc7)cc6C([2H])([2H])[2H])cc(C([2H])([2H])C([2H])([2H])c6cnc(-c7ccccc7)cc6C([2H])([2H])[2H])c5)cn4)cccc32)c([2H])c1F. The highest BCUT2D eigenvalue weighted by Gasteiger charge is 2.22. The first kappa shape index (κ1) is 23.5. The summed E-state index contributed by atoms with van der Waals surface area (Å²) in [4.78, 5) is 13.2. The van der Waals surface area contributed by atoms with E-state index < -0.39 is 114 Å². The molecular formula is C57H52FN3O. The van der Waals surface area contributed by atoms with Crippen molar-refractivity contribution in [1.29, 1.82) is 0 Å². The molecule has 0 aliphatic heterocycles. The van der Waals surface area contributed by atoms with Gasteiger partial charge in [-0.3, -0.25) is 15.0 Å². The van der Waals surface area contributed by atoms with E-state index in [1.54, 1.807) is 99.6 Å². The molecule has 0 N–H and O–H groups in total. The lowest BCUT2D eigenvalue weighted by Crippen LogP contribution is -2.15. The van der Waals surface area contributed by atoms with E-state index in [9.17, 15) is 20.8 Å². The zero-order chi connectivity index (χ0) is 60.3. The maximum Gasteiger partial charge on any atom is 0.144 e. The number of hydrogen-bond acceptors (Lipinski definition) is 4. The Morgan fingerprint density at radius 1 is 0.581 bits per heavy atom. The average Bonchev–Trinajstić information content (AvgIpc) is 1.34. The van der Waals surface area contributed by atoms with Crippen molar-refractivity contribution in [2.24, 2.45) is 0 Å². The van der Waals surface area contributed by atoms with Crippen LogP contribution in [0.5, 0.6) is 0 Å². The fraction of sp³-hybridized carbons (Fsp3) is 0.211. The van der Waals surface area contributed by atoms with Crippen LogP contribution in [0.3, 0.4) is 0 Å². The summed E-state index contributed by atoms with van der Waals surface area (Å²) in [7, 11) is 0. The summed E-state index contributed by atoms with van der Waals surface area (Å²) in [6, 6.07) is 27.5. The van der Waals surface area contributed by atoms with Crippen molar-refractivity contribution in [3.8, 4) is 33.8 Å². The molecule has 0 bridgehead atoms. The van der Waals surface area contributed by atoms with E-state index in [1.807, 2.05) is 0 Å². The maximum atomic E-state index is 14.8. The van der Waals surface area contributed by atoms with Crippen molar-refractivity contribution < 1.29 is 36.2 Å². The predicted molar refractivity (Wildman–Crippen MR) is 253 cm³/mol. The monoisotopic (exact) mass is 834 g/mol. The molecule has 0 aliphatic carbocycles. The van der Waals surface area contributed by atoms with Crippen LogP contribution in [-0.4, -0.2) is 15.0 Å². The van der Waals surface area contributed by atoms with Crippen LogP contribution in [0.2, 0.25) is 0 Å². The molecule has 0 saturated heterocycles. The molecule has 62 heavy (non-hydrogen) atoms. The fourth-order valence-corrected chi connectivity index (χ4v) is 7.08. The van der Waals surface area contributed by atoms with Gasteiger partial charge in [0.05, 0.1) is 19.8 Å². The van der Waals surface area contributed by atoms with Crippen LogP contribution in [0.1, 0.15) is 98.3 Å². The van der Waals surface area contributed by atoms with Crippen LogP contribution in [0.25, 0.3) is 55.7 Å². The van der Waals surface area contributed by atoms with Crippen LogP contribution in [0.15, 0.2) is 156 Å². The molecule has 5 aromatic carbocycles. The Bertz CT molecular complexity index is 3800. The first-order valence-electron chi connectivity index (χ1n) is 29.8. The second-order valence-electron chi connectivity index (χ2n) is 15.6. The zero-order valence-corrected chi connectivity index (χ0v) is 33.9. The van der Waals surface area contributed by atoms with Crippen LogP contribution < -0.4 is 0 Å². The molecular weight excluding hydrogens is 762 g/mol. The third kappa shape index (κ3) is 8.85. The van der Waals surface area contributed by atoms with Gasteiger partial charge in [0.15, 0.2) is 0 Å². The van der Waals surface area contributed by atoms with Gasteiger partial charge in [-0.25, -0.2) is 4.39 Å². The van der Waals surface area contributed by atoms with Crippen LogP contribution in [-0.2, 0) is 43.7 Å². The van der Waals surface area contributed by atoms with Crippen LogP contribution in [0, 0.1) is 19.5 Å². The molecule has 0 amide bonds. The van der Waals surface area contributed by atoms with Gasteiger partial charge >= 0.3 is 0 Å². The summed E-state index contributed by atoms with van der Waals surface area (Å²) < 4.78 is 204. The summed E-state index contributed by atoms with van der Waals surface area (Å²) in [6.07, 6.45) is -17.8. The molecule has 0 unspecified atom stereocenters. The summed E-state index contributed by atoms with van der Waals surface area (Å²) in [5.41, 5.74) is -5.03. The molecule has 5 heteroatoms. The normalized spacial score (nSPS) is 18.3. The highest BCUT2D eigenvalue weighted by atomic mass is 19.1. The van der Waals surface area contributed by atoms with Crippen molar-refractivity contribution in [2.45, 2.75) is 78.1 Å². The zero-order valence-electron chi connectivity index (χ0n) is 53.9. The first-order valence-corrected chi connectivity index (χ1v) is 19.8. The predicted octanol–water partition coefficient (Wildman–Crippen LogP) is 14.2. The smallest absolute Gasteiger partial charge is 0.144 e. The van der Waals surface area contributed by atoms with Gasteiger partial charge in [0.1, 0.15) is 17.0 Å². The number of para-hydroxylation sites is 1. The summed E-state index contributed by atoms with van der Waals surface area (Å²) in [5.74, 6) is -1.09. The highest BCUT2D eigenvalue weighted by Crippen LogP contribution is 2.37. The lowest BCUT2D eigenvalue weighted by molar-refractivity contribution is 0.580. The van der Waals surface area contributed by atoms with Gasteiger partial charge < -0.3 is 4.42 Å². The van der Waals surface area contributed by atoms with E-state index in [4.69, 9.17) is 15.4 Å². The van der Waals surface area contributed by atoms with E-state index in [0.29, 0.717) is 22.1 Å². The van der Waals surface area contributed by atoms with Crippen molar-refractivity contribution in [2.75, 3.05) is 0 Å². The van der Waals surface area contributed by atoms with Gasteiger partial charge in [-0.1, -0.05) is 112 Å². The summed E-state index contributed by atoms with van der Waals surface area (Å²) >= 11 is 0. The van der Waals surface area contributed by atoms with E-state index in [2.05, 4.69) is 15.0 Å². The minimum atomic E-state index is -3.52. The molecule has 0 spiro atoms. The Labute approximate surface area is 392 Å². The number of aromatic nitrogens is 3. The number of hydrogen-bond donors (Lipinski definition) is 0. The van der Waals surface area contributed by atoms with Crippen molar-refractivity contribution >= 4 is 21.9 Å². The number of fused-ring (bicyclic) bond motifs is 3. The molecule has 0 saturated carbocycles. The molecule has 9 aromatic rings. The van der Waals surface area contributed by atoms with Gasteiger partial charge in [-0.2, -0.15) is 0 Å². The molecule has 4 heterocycles. The molecule has 0 radical (unpaired) electrons. The van der Waals surface area contributed by atoms with Gasteiger partial charge in [0, 0.05) is 76.8 Å². The van der Waals surface area contributed by atoms with E-state index in [0.717, 1.165) is 48.9 Å². The fourth-order valence-electron chi connectivity index (χ4n) is 7.08. The lowest BCUT2D eigenvalue weighted by Gasteiger charge is -2.24. The quantitative estimate of drug-likeness (QED) is 0.123. The van der Waals surface area contributed by atoms with E-state index in [-0.39, 0.29) is 44.8 Å². The minimum Gasteiger partial charge on any atom is -0.455 e. The highest BCUT2D eigenvalue weighted by molar-refractivity contribution is 6.09. The van der Waals surface area contributed by atoms with Gasteiger partial charge in [-0.15, -0.1) is 0 Å². The Morgan fingerprint density at radius 3 is 1.66 bits per heavy atom. The molecule has 4 nitrogen and oxygen atoms in total. The third-order valence-corrected chi connectivity index (χ3v) is 10.2. The van der Waals surface area contributed by atoms with Crippen LogP contribution in [0.4, 0.5) is 4.39 Å². The lowest BCUT2D eigenvalue weighted by atomic mass is 9.82. The second kappa shape index (κ2) is 17.3. The molecule has 4 aromatic heterocycles. The number of rotatable bonds is 12. The van der Waals surface area contributed by atoms with Crippen molar-refractivity contribution in [3.05, 3.63) is 208 Å². The Kier molecular flexibility index (Phi) is 6.57. The number of furan rings is 1. The van der Waals surface area contributed by atoms with Gasteiger partial charge in [0.25, 0.3) is 0 Å². The number of nitrogens with zero attached hydrogens (tertiary/aromatic N) is 3. The standard InChI is InChI=1S/C57H52FN3O/c1-37-27-52(42-13-8-6-9-14-42)59-34-44(37)22-19-39-29-40(20-23-45-35-60-53(28-38(45)2)43-15-10-7-11-16-43)31-41(30-39)21-24-46-36-61-54(33-51(46)57(3,4)5)50-18-12-17-49-48-26-25-47(58)32-55(48)62-56(49)50/h6-18,25-36H,19-24H2,1-5H3/i1D3,2D3,19D2,20D2,21D2,22D2,23D2,24D2,25D,32D. The number of halogens is 1. The molecule has 0 aliphatic rings. The largest absolute Gasteiger partial charge is 0.455 e. The molecule has 308 valence electrons. The number of aryl methyl sites for hydroxylation is 8. The van der Waals surface area contributed by atoms with Gasteiger partial charge in [-0.05, 0) is 144 Å². The molecule has 0 fully saturated rings. The maximum absolute atomic E-state index is 14.8. The molecule has 0 atom stereocenters. The van der Waals surface area contributed by atoms with Gasteiger partial charge in [0.2, 0.25) is 0 Å². The average molecular weight is 834 g/mol. The summed E-state index contributed by atoms with van der Waals surface area (Å²) in [5, 5.41) is 0.700. The van der Waals surface area contributed by atoms with Crippen molar-refractivity contribution in [1.82, 2.24) is 15.0 Å². The Morgan fingerprint density at radius 2 is 1.11 bits per heavy atom. The number of pyridine rings is 3. The second-order valence-corrected chi connectivity index (χ2v) is 15.6. The third-order valence-electron chi connectivity index (χ3n) is 10.2.